The highest BCUT2D eigenvalue weighted by Crippen LogP contribution is 1.31. The van der Waals surface area contributed by atoms with Crippen LogP contribution in [0.2, 0.25) is 0 Å². The summed E-state index contributed by atoms with van der Waals surface area (Å²) in [5.74, 6) is 0. The van der Waals surface area contributed by atoms with E-state index in [4.69, 9.17) is 0 Å². The predicted molar refractivity (Wildman–Crippen MR) is 36.4 cm³/mol. The van der Waals surface area contributed by atoms with E-state index in [0.717, 1.165) is 0 Å². The van der Waals surface area contributed by atoms with Gasteiger partial charge in [-0.05, 0) is 6.17 Å². The van der Waals surface area contributed by atoms with Crippen LogP contribution >= 0.6 is 0 Å². The van der Waals surface area contributed by atoms with Gasteiger partial charge in [0.2, 0.25) is 0 Å². The molecule has 0 saturated carbocycles. The number of nitrogens with one attached hydrogen (secondary N) is 1. The summed E-state index contributed by atoms with van der Waals surface area (Å²) in [6.45, 7) is 0. The Morgan fingerprint density at radius 2 is 2.40 bits per heavy atom. The summed E-state index contributed by atoms with van der Waals surface area (Å²) in [5, 5.41) is 0. The van der Waals surface area contributed by atoms with Gasteiger partial charge in [-0.15, -0.1) is 0 Å². The lowest BCUT2D eigenvalue weighted by atomic mass is 11.5. The molecule has 0 bridgehead atoms. The van der Waals surface area contributed by atoms with E-state index < -0.39 is 0 Å². The molecule has 0 aliphatic rings. The van der Waals surface area contributed by atoms with Crippen LogP contribution in [0.15, 0.2) is 0 Å². The Balaban J connectivity index is 2.19. The molecule has 0 heterocycles. The molecule has 0 atom stereocenters. The fourth-order valence-corrected chi connectivity index (χ4v) is 6.75. The first-order valence-corrected chi connectivity index (χ1v) is 9.90. The Morgan fingerprint density at radius 1 is 1.80 bits per heavy atom. The van der Waals surface area contributed by atoms with E-state index in [1.165, 1.54) is 26.2 Å². The van der Waals surface area contributed by atoms with Crippen molar-refractivity contribution < 1.29 is 0 Å². The lowest BCUT2D eigenvalue weighted by Gasteiger charge is -1.85. The van der Waals surface area contributed by atoms with Crippen LogP contribution in [0.1, 0.15) is 0 Å². The molecule has 0 saturated heterocycles. The molecule has 0 aromatic carbocycles. The second-order valence-corrected chi connectivity index (χ2v) is 4.99. The Morgan fingerprint density at radius 3 is 2.40 bits per heavy atom. The fraction of sp³-hybridized carbons (Fsp3) is 1.00. The zero-order chi connectivity index (χ0) is 4.12. The number of hydrogen-bond donors (Lipinski definition) is 1. The molecule has 5 heavy (non-hydrogen) atoms. The summed E-state index contributed by atoms with van der Waals surface area (Å²) in [7, 11) is 3.13. The summed E-state index contributed by atoms with van der Waals surface area (Å²) >= 11 is 0. The van der Waals surface area contributed by atoms with Gasteiger partial charge in [-0.25, -0.2) is 0 Å². The van der Waals surface area contributed by atoms with Gasteiger partial charge in [0.1, 0.15) is 0 Å². The molecule has 32 valence electrons. The summed E-state index contributed by atoms with van der Waals surface area (Å²) < 4.78 is 0. The van der Waals surface area contributed by atoms with Crippen LogP contribution in [0.5, 0.6) is 0 Å². The van der Waals surface area contributed by atoms with Gasteiger partial charge >= 0.3 is 0 Å². The number of hydrogen-bond acceptors (Lipinski definition) is 1. The summed E-state index contributed by atoms with van der Waals surface area (Å²) in [5.41, 5.74) is 0. The highest BCUT2D eigenvalue weighted by molar-refractivity contribution is 6.87. The maximum absolute atomic E-state index is 3.37. The Hall–Kier alpha value is 0.611. The standard InChI is InChI=1S/CH11NSi3/c3-1-2-5-4/h2H,1,5H2,3-4H3. The van der Waals surface area contributed by atoms with Gasteiger partial charge in [0.25, 0.3) is 0 Å². The third-order valence-corrected chi connectivity index (χ3v) is 4.50. The molecule has 0 amide bonds. The van der Waals surface area contributed by atoms with Crippen LogP contribution in [-0.4, -0.2) is 35.4 Å². The molecule has 0 aromatic rings. The second kappa shape index (κ2) is 4.61. The van der Waals surface area contributed by atoms with E-state index in [9.17, 15) is 0 Å². The third kappa shape index (κ3) is 4.61. The molecular formula is CH11NSi3. The molecule has 0 aromatic heterocycles. The smallest absolute Gasteiger partial charge is 0.0717 e. The van der Waals surface area contributed by atoms with E-state index in [1.54, 1.807) is 0 Å². The minimum atomic E-state index is 0.338. The maximum atomic E-state index is 3.37. The molecular weight excluding hydrogens is 110 g/mol. The minimum absolute atomic E-state index is 0.338. The van der Waals surface area contributed by atoms with Gasteiger partial charge in [0, 0.05) is 20.0 Å². The first kappa shape index (κ1) is 5.61. The van der Waals surface area contributed by atoms with Gasteiger partial charge in [-0.1, -0.05) is 0 Å². The van der Waals surface area contributed by atoms with Crippen molar-refractivity contribution >= 4 is 29.2 Å². The largest absolute Gasteiger partial charge is 0.349 e. The molecule has 4 heteroatoms. The Kier molecular flexibility index (Phi) is 5.17. The third-order valence-electron chi connectivity index (χ3n) is 0.500. The monoisotopic (exact) mass is 121 g/mol. The van der Waals surface area contributed by atoms with Gasteiger partial charge in [-0.2, -0.15) is 0 Å². The van der Waals surface area contributed by atoms with Crippen molar-refractivity contribution in [1.82, 2.24) is 4.98 Å². The normalized spacial score (nSPS) is 12.0. The van der Waals surface area contributed by atoms with E-state index in [0.29, 0.717) is 9.20 Å². The molecule has 0 aliphatic heterocycles. The van der Waals surface area contributed by atoms with Crippen molar-refractivity contribution in [2.24, 2.45) is 0 Å². The maximum Gasteiger partial charge on any atom is 0.0717 e. The van der Waals surface area contributed by atoms with Crippen molar-refractivity contribution in [1.29, 1.82) is 0 Å². The fourth-order valence-electron chi connectivity index (χ4n) is 0.250. The number of rotatable bonds is 2. The highest BCUT2D eigenvalue weighted by Gasteiger charge is 1.64. The average Bonchev–Trinajstić information content (AvgIpc) is 1.41. The topological polar surface area (TPSA) is 12.0 Å². The first-order valence-electron chi connectivity index (χ1n) is 2.12. The lowest BCUT2D eigenvalue weighted by molar-refractivity contribution is 1.20. The molecule has 0 radical (unpaired) electrons. The van der Waals surface area contributed by atoms with Gasteiger partial charge < -0.3 is 4.98 Å². The minimum Gasteiger partial charge on any atom is -0.349 e. The molecule has 0 rings (SSSR count). The summed E-state index contributed by atoms with van der Waals surface area (Å²) in [4.78, 5) is 3.37. The van der Waals surface area contributed by atoms with Crippen LogP contribution in [-0.2, 0) is 0 Å². The summed E-state index contributed by atoms with van der Waals surface area (Å²) in [6.07, 6.45) is 1.33. The van der Waals surface area contributed by atoms with Crippen LogP contribution in [0.4, 0.5) is 0 Å². The second-order valence-electron chi connectivity index (χ2n) is 0.957. The zero-order valence-corrected chi connectivity index (χ0v) is 9.33. The van der Waals surface area contributed by atoms with Crippen LogP contribution in [0, 0.1) is 0 Å². The van der Waals surface area contributed by atoms with Gasteiger partial charge in [-0.3, -0.25) is 0 Å². The van der Waals surface area contributed by atoms with E-state index in [1.807, 2.05) is 0 Å². The van der Waals surface area contributed by atoms with E-state index in [-0.39, 0.29) is 0 Å². The zero-order valence-electron chi connectivity index (χ0n) is 3.91. The predicted octanol–water partition coefficient (Wildman–Crippen LogP) is -3.74. The van der Waals surface area contributed by atoms with Gasteiger partial charge in [0.05, 0.1) is 9.20 Å². The van der Waals surface area contributed by atoms with Crippen LogP contribution in [0.25, 0.3) is 0 Å². The van der Waals surface area contributed by atoms with Crippen molar-refractivity contribution in [3.63, 3.8) is 0 Å². The van der Waals surface area contributed by atoms with Crippen molar-refractivity contribution in [3.05, 3.63) is 0 Å². The Bertz CT molecular complexity index is 14.4. The average molecular weight is 121 g/mol. The summed E-state index contributed by atoms with van der Waals surface area (Å²) in [6, 6.07) is 0. The Labute approximate surface area is 41.1 Å². The van der Waals surface area contributed by atoms with Gasteiger partial charge in [0.15, 0.2) is 0 Å². The molecule has 0 aliphatic carbocycles. The van der Waals surface area contributed by atoms with Crippen molar-refractivity contribution in [2.75, 3.05) is 6.17 Å². The van der Waals surface area contributed by atoms with Crippen LogP contribution in [0.3, 0.4) is 0 Å². The molecule has 1 nitrogen and oxygen atoms in total. The molecule has 0 spiro atoms. The van der Waals surface area contributed by atoms with Crippen molar-refractivity contribution in [3.8, 4) is 0 Å². The van der Waals surface area contributed by atoms with E-state index in [2.05, 4.69) is 4.98 Å². The molecule has 1 N–H and O–H groups in total. The van der Waals surface area contributed by atoms with Crippen molar-refractivity contribution in [2.45, 2.75) is 0 Å². The lowest BCUT2D eigenvalue weighted by Crippen LogP contribution is -2.19. The highest BCUT2D eigenvalue weighted by atomic mass is 29.1. The SMILES string of the molecule is [SiH3]CN[SiH2][SiH3]. The van der Waals surface area contributed by atoms with Crippen LogP contribution < -0.4 is 4.98 Å². The first-order chi connectivity index (χ1) is 2.41. The van der Waals surface area contributed by atoms with E-state index >= 15 is 0 Å². The quantitative estimate of drug-likeness (QED) is 0.370. The molecule has 0 fully saturated rings. The molecule has 0 unspecified atom stereocenters.